The highest BCUT2D eigenvalue weighted by Gasteiger charge is 2.46. The highest BCUT2D eigenvalue weighted by Crippen LogP contribution is 2.49. The number of fused-ring (bicyclic) bond motifs is 1. The van der Waals surface area contributed by atoms with Crippen LogP contribution in [0, 0.1) is 0 Å². The van der Waals surface area contributed by atoms with E-state index in [1.165, 1.54) is 6.07 Å². The van der Waals surface area contributed by atoms with E-state index < -0.39 is 12.0 Å². The molecule has 10 heteroatoms. The summed E-state index contributed by atoms with van der Waals surface area (Å²) in [6.45, 7) is 0.498. The molecule has 0 radical (unpaired) electrons. The molecule has 1 N–H and O–H groups in total. The standard InChI is InChI=1S/C22H21ClF2N4O2S/c1-28-4-2-16(27-28)20-19-17(32-11-26-19)3-5-29(20)18(30)8-13-6-12(7-15(23)21(13)31)14-9-22(24,25)10-14/h2,4,6-7,11,14,20,31H,3,5,8-10H2,1H3/t20-/m1/s1. The van der Waals surface area contributed by atoms with Crippen LogP contribution in [0.2, 0.25) is 5.02 Å². The molecule has 1 atom stereocenters. The lowest BCUT2D eigenvalue weighted by Gasteiger charge is -2.36. The van der Waals surface area contributed by atoms with Gasteiger partial charge in [-0.15, -0.1) is 11.3 Å². The van der Waals surface area contributed by atoms with Crippen molar-refractivity contribution in [2.45, 2.75) is 43.6 Å². The van der Waals surface area contributed by atoms with Gasteiger partial charge in [0.15, 0.2) is 0 Å². The first-order valence-electron chi connectivity index (χ1n) is 10.3. The Hall–Kier alpha value is -2.52. The molecule has 1 aliphatic heterocycles. The van der Waals surface area contributed by atoms with Crippen LogP contribution >= 0.6 is 22.9 Å². The predicted octanol–water partition coefficient (Wildman–Crippen LogP) is 4.47. The molecule has 3 heterocycles. The molecule has 6 nitrogen and oxygen atoms in total. The van der Waals surface area contributed by atoms with Crippen molar-refractivity contribution < 1.29 is 18.7 Å². The summed E-state index contributed by atoms with van der Waals surface area (Å²) in [6.07, 6.45) is 1.93. The molecule has 0 unspecified atom stereocenters. The van der Waals surface area contributed by atoms with E-state index in [4.69, 9.17) is 11.6 Å². The van der Waals surface area contributed by atoms with Crippen molar-refractivity contribution in [2.24, 2.45) is 7.05 Å². The van der Waals surface area contributed by atoms with E-state index in [0.29, 0.717) is 24.1 Å². The SMILES string of the molecule is Cn1ccc([C@@H]2c3ncsc3CCN2C(=O)Cc2cc(C3CC(F)(F)C3)cc(Cl)c2O)n1. The van der Waals surface area contributed by atoms with Crippen molar-refractivity contribution in [3.05, 3.63) is 62.3 Å². The molecule has 5 rings (SSSR count). The van der Waals surface area contributed by atoms with Gasteiger partial charge in [-0.1, -0.05) is 17.7 Å². The van der Waals surface area contributed by atoms with Crippen LogP contribution in [0.25, 0.3) is 0 Å². The van der Waals surface area contributed by atoms with Gasteiger partial charge < -0.3 is 10.0 Å². The summed E-state index contributed by atoms with van der Waals surface area (Å²) in [5.74, 6) is -3.39. The Kier molecular flexibility index (Phi) is 5.21. The number of aryl methyl sites for hydroxylation is 1. The van der Waals surface area contributed by atoms with Gasteiger partial charge in [0, 0.05) is 49.5 Å². The summed E-state index contributed by atoms with van der Waals surface area (Å²) in [6, 6.07) is 4.60. The molecule has 1 aromatic carbocycles. The quantitative estimate of drug-likeness (QED) is 0.600. The number of amides is 1. The van der Waals surface area contributed by atoms with Crippen molar-refractivity contribution in [1.82, 2.24) is 19.7 Å². The summed E-state index contributed by atoms with van der Waals surface area (Å²) in [4.78, 5) is 20.8. The fraction of sp³-hybridized carbons (Fsp3) is 0.409. The van der Waals surface area contributed by atoms with E-state index in [-0.39, 0.29) is 41.9 Å². The average molecular weight is 479 g/mol. The maximum Gasteiger partial charge on any atom is 0.249 e. The summed E-state index contributed by atoms with van der Waals surface area (Å²) >= 11 is 7.74. The highest BCUT2D eigenvalue weighted by molar-refractivity contribution is 7.09. The maximum absolute atomic E-state index is 13.4. The number of alkyl halides is 2. The molecule has 2 aromatic heterocycles. The number of aromatic hydroxyl groups is 1. The number of halogens is 3. The zero-order valence-electron chi connectivity index (χ0n) is 17.3. The zero-order chi connectivity index (χ0) is 22.6. The van der Waals surface area contributed by atoms with E-state index in [9.17, 15) is 18.7 Å². The number of nitrogens with zero attached hydrogens (tertiary/aromatic N) is 4. The molecule has 0 saturated heterocycles. The number of aromatic nitrogens is 3. The van der Waals surface area contributed by atoms with E-state index in [2.05, 4.69) is 10.1 Å². The molecule has 0 bridgehead atoms. The van der Waals surface area contributed by atoms with Gasteiger partial charge in [0.25, 0.3) is 0 Å². The number of carbonyl (C=O) groups excluding carboxylic acids is 1. The first kappa shape index (κ1) is 21.3. The maximum atomic E-state index is 13.4. The number of rotatable bonds is 4. The third kappa shape index (κ3) is 3.77. The molecule has 3 aromatic rings. The van der Waals surface area contributed by atoms with Crippen LogP contribution in [0.15, 0.2) is 29.9 Å². The number of hydrogen-bond donors (Lipinski definition) is 1. The van der Waals surface area contributed by atoms with Crippen LogP contribution < -0.4 is 0 Å². The van der Waals surface area contributed by atoms with Crippen molar-refractivity contribution in [3.63, 3.8) is 0 Å². The number of phenolic OH excluding ortho intramolecular Hbond substituents is 1. The third-order valence-electron chi connectivity index (χ3n) is 6.23. The molecule has 1 saturated carbocycles. The van der Waals surface area contributed by atoms with Gasteiger partial charge in [0.05, 0.1) is 28.3 Å². The predicted molar refractivity (Wildman–Crippen MR) is 116 cm³/mol. The van der Waals surface area contributed by atoms with Gasteiger partial charge in [0.2, 0.25) is 11.8 Å². The molecular formula is C22H21ClF2N4O2S. The van der Waals surface area contributed by atoms with Crippen LogP contribution in [0.4, 0.5) is 8.78 Å². The highest BCUT2D eigenvalue weighted by atomic mass is 35.5. The second-order valence-electron chi connectivity index (χ2n) is 8.46. The van der Waals surface area contributed by atoms with E-state index in [0.717, 1.165) is 16.3 Å². The lowest BCUT2D eigenvalue weighted by Crippen LogP contribution is -2.41. The minimum absolute atomic E-state index is 0.0715. The minimum atomic E-state index is -2.67. The monoisotopic (exact) mass is 478 g/mol. The minimum Gasteiger partial charge on any atom is -0.506 e. The summed E-state index contributed by atoms with van der Waals surface area (Å²) < 4.78 is 28.4. The van der Waals surface area contributed by atoms with Crippen molar-refractivity contribution in [1.29, 1.82) is 0 Å². The molecule has 0 spiro atoms. The Balaban J connectivity index is 1.44. The van der Waals surface area contributed by atoms with Crippen molar-refractivity contribution in [3.8, 4) is 5.75 Å². The Bertz CT molecular complexity index is 1190. The van der Waals surface area contributed by atoms with Crippen molar-refractivity contribution >= 4 is 28.8 Å². The molecule has 1 aliphatic carbocycles. The van der Waals surface area contributed by atoms with Gasteiger partial charge in [-0.3, -0.25) is 9.48 Å². The zero-order valence-corrected chi connectivity index (χ0v) is 18.8. The second kappa shape index (κ2) is 7.81. The van der Waals surface area contributed by atoms with Crippen molar-refractivity contribution in [2.75, 3.05) is 6.54 Å². The number of hydrogen-bond acceptors (Lipinski definition) is 5. The fourth-order valence-electron chi connectivity index (χ4n) is 4.55. The Morgan fingerprint density at radius 3 is 2.84 bits per heavy atom. The number of thiazole rings is 1. The van der Waals surface area contributed by atoms with Gasteiger partial charge in [-0.05, 0) is 23.6 Å². The van der Waals surface area contributed by atoms with Gasteiger partial charge in [-0.2, -0.15) is 5.10 Å². The second-order valence-corrected chi connectivity index (χ2v) is 9.81. The molecule has 1 fully saturated rings. The van der Waals surface area contributed by atoms with Gasteiger partial charge >= 0.3 is 0 Å². The smallest absolute Gasteiger partial charge is 0.249 e. The first-order chi connectivity index (χ1) is 15.2. The lowest BCUT2D eigenvalue weighted by atomic mass is 9.76. The van der Waals surface area contributed by atoms with Crippen LogP contribution in [0.1, 0.15) is 52.2 Å². The van der Waals surface area contributed by atoms with Gasteiger partial charge in [-0.25, -0.2) is 13.8 Å². The van der Waals surface area contributed by atoms with E-state index >= 15 is 0 Å². The van der Waals surface area contributed by atoms with Crippen LogP contribution in [0.5, 0.6) is 5.75 Å². The fourth-order valence-corrected chi connectivity index (χ4v) is 5.58. The lowest BCUT2D eigenvalue weighted by molar-refractivity contribution is -0.132. The van der Waals surface area contributed by atoms with E-state index in [1.54, 1.807) is 32.5 Å². The summed E-state index contributed by atoms with van der Waals surface area (Å²) in [5.41, 5.74) is 4.29. The molecule has 2 aliphatic rings. The molecule has 32 heavy (non-hydrogen) atoms. The normalized spacial score (nSPS) is 20.1. The molecular weight excluding hydrogens is 458 g/mol. The number of benzene rings is 1. The van der Waals surface area contributed by atoms with Crippen LogP contribution in [-0.4, -0.2) is 43.1 Å². The number of carbonyl (C=O) groups is 1. The average Bonchev–Trinajstić information content (AvgIpc) is 3.37. The molecule has 168 valence electrons. The number of phenols is 1. The largest absolute Gasteiger partial charge is 0.506 e. The molecule has 1 amide bonds. The third-order valence-corrected chi connectivity index (χ3v) is 7.42. The van der Waals surface area contributed by atoms with Gasteiger partial charge in [0.1, 0.15) is 11.8 Å². The summed E-state index contributed by atoms with van der Waals surface area (Å²) in [7, 11) is 1.82. The Morgan fingerprint density at radius 1 is 1.38 bits per heavy atom. The summed E-state index contributed by atoms with van der Waals surface area (Å²) in [5, 5.41) is 15.0. The Morgan fingerprint density at radius 2 is 2.16 bits per heavy atom. The van der Waals surface area contributed by atoms with Crippen LogP contribution in [-0.2, 0) is 24.7 Å². The van der Waals surface area contributed by atoms with E-state index in [1.807, 2.05) is 19.3 Å². The topological polar surface area (TPSA) is 71.2 Å². The first-order valence-corrected chi connectivity index (χ1v) is 11.6. The Labute approximate surface area is 192 Å². The van der Waals surface area contributed by atoms with Crippen LogP contribution in [0.3, 0.4) is 0 Å².